The van der Waals surface area contributed by atoms with Gasteiger partial charge in [0.05, 0.1) is 12.6 Å². The van der Waals surface area contributed by atoms with Crippen LogP contribution in [-0.4, -0.2) is 17.9 Å². The Bertz CT molecular complexity index is 579. The first-order valence-electron chi connectivity index (χ1n) is 6.75. The summed E-state index contributed by atoms with van der Waals surface area (Å²) < 4.78 is 5.36. The van der Waals surface area contributed by atoms with Crippen molar-refractivity contribution in [1.82, 2.24) is 0 Å². The molecular weight excluding hydrogens is 250 g/mol. The first-order chi connectivity index (χ1) is 9.72. The molecule has 0 aliphatic carbocycles. The normalized spacial score (nSPS) is 12.5. The lowest BCUT2D eigenvalue weighted by Gasteiger charge is -2.09. The van der Waals surface area contributed by atoms with Crippen molar-refractivity contribution in [3.05, 3.63) is 59.7 Å². The summed E-state index contributed by atoms with van der Waals surface area (Å²) in [5.74, 6) is 0.627. The molecule has 2 rings (SSSR count). The lowest BCUT2D eigenvalue weighted by Crippen LogP contribution is -1.95. The second-order valence-electron chi connectivity index (χ2n) is 4.49. The van der Waals surface area contributed by atoms with E-state index in [0.29, 0.717) is 17.9 Å². The molecule has 0 heterocycles. The predicted molar refractivity (Wildman–Crippen MR) is 81.7 cm³/mol. The van der Waals surface area contributed by atoms with E-state index in [1.807, 2.05) is 56.3 Å². The molecule has 2 aromatic rings. The van der Waals surface area contributed by atoms with Crippen LogP contribution in [0.5, 0.6) is 11.5 Å². The summed E-state index contributed by atoms with van der Waals surface area (Å²) >= 11 is 0. The highest BCUT2D eigenvalue weighted by atomic mass is 16.5. The lowest BCUT2D eigenvalue weighted by molar-refractivity contribution is 0.318. The summed E-state index contributed by atoms with van der Waals surface area (Å²) in [6.07, 6.45) is 1.69. The van der Waals surface area contributed by atoms with Crippen molar-refractivity contribution >= 4 is 6.21 Å². The van der Waals surface area contributed by atoms with E-state index in [4.69, 9.17) is 4.74 Å². The van der Waals surface area contributed by atoms with Gasteiger partial charge in [0.1, 0.15) is 0 Å². The Balaban J connectivity index is 2.17. The molecule has 0 bridgehead atoms. The molecule has 3 heteroatoms. The minimum Gasteiger partial charge on any atom is -0.504 e. The quantitative estimate of drug-likeness (QED) is 0.834. The number of aromatic hydroxyl groups is 1. The zero-order valence-electron chi connectivity index (χ0n) is 11.8. The molecule has 2 aromatic carbocycles. The first-order valence-corrected chi connectivity index (χ1v) is 6.75. The smallest absolute Gasteiger partial charge is 0.166 e. The van der Waals surface area contributed by atoms with Crippen molar-refractivity contribution in [1.29, 1.82) is 0 Å². The fourth-order valence-corrected chi connectivity index (χ4v) is 1.93. The zero-order valence-corrected chi connectivity index (χ0v) is 11.8. The van der Waals surface area contributed by atoms with Gasteiger partial charge in [-0.3, -0.25) is 4.99 Å². The molecule has 0 amide bonds. The fourth-order valence-electron chi connectivity index (χ4n) is 1.93. The second-order valence-corrected chi connectivity index (χ2v) is 4.49. The standard InChI is InChI=1S/C17H19NO2/c1-3-20-16-11-7-10-15(17(16)19)12-18-13(2)14-8-5-4-6-9-14/h4-13,19H,3H2,1-2H3/t13-/m0/s1. The molecular formula is C17H19NO2. The number of aliphatic imine (C=N–C) groups is 1. The van der Waals surface area contributed by atoms with Crippen molar-refractivity contribution < 1.29 is 9.84 Å². The van der Waals surface area contributed by atoms with Gasteiger partial charge in [0.25, 0.3) is 0 Å². The Kier molecular flexibility index (Phi) is 4.77. The van der Waals surface area contributed by atoms with Gasteiger partial charge in [0.15, 0.2) is 11.5 Å². The number of hydrogen-bond donors (Lipinski definition) is 1. The van der Waals surface area contributed by atoms with Crippen LogP contribution in [0.3, 0.4) is 0 Å². The van der Waals surface area contributed by atoms with Gasteiger partial charge in [-0.1, -0.05) is 36.4 Å². The molecule has 0 unspecified atom stereocenters. The second kappa shape index (κ2) is 6.75. The lowest BCUT2D eigenvalue weighted by atomic mass is 10.1. The average molecular weight is 269 g/mol. The van der Waals surface area contributed by atoms with E-state index in [1.165, 1.54) is 0 Å². The topological polar surface area (TPSA) is 41.8 Å². The van der Waals surface area contributed by atoms with Gasteiger partial charge < -0.3 is 9.84 Å². The SMILES string of the molecule is CCOc1cccc(C=N[C@@H](C)c2ccccc2)c1O. The van der Waals surface area contributed by atoms with Crippen LogP contribution >= 0.6 is 0 Å². The van der Waals surface area contributed by atoms with Gasteiger partial charge in [-0.2, -0.15) is 0 Å². The van der Waals surface area contributed by atoms with Crippen LogP contribution in [0.2, 0.25) is 0 Å². The van der Waals surface area contributed by atoms with Crippen LogP contribution in [0.15, 0.2) is 53.5 Å². The highest BCUT2D eigenvalue weighted by molar-refractivity contribution is 5.84. The zero-order chi connectivity index (χ0) is 14.4. The Morgan fingerprint density at radius 2 is 1.90 bits per heavy atom. The van der Waals surface area contributed by atoms with Gasteiger partial charge in [0, 0.05) is 11.8 Å². The minimum absolute atomic E-state index is 0.0475. The summed E-state index contributed by atoms with van der Waals surface area (Å²) in [7, 11) is 0. The maximum atomic E-state index is 10.1. The molecule has 0 saturated carbocycles. The third kappa shape index (κ3) is 3.38. The number of phenols is 1. The Hall–Kier alpha value is -2.29. The molecule has 0 fully saturated rings. The fraction of sp³-hybridized carbons (Fsp3) is 0.235. The van der Waals surface area contributed by atoms with Crippen LogP contribution in [-0.2, 0) is 0 Å². The molecule has 104 valence electrons. The number of benzene rings is 2. The molecule has 3 nitrogen and oxygen atoms in total. The number of hydrogen-bond acceptors (Lipinski definition) is 3. The summed E-state index contributed by atoms with van der Waals surface area (Å²) in [6, 6.07) is 15.5. The first kappa shape index (κ1) is 14.1. The van der Waals surface area contributed by atoms with Crippen LogP contribution in [0.25, 0.3) is 0 Å². The van der Waals surface area contributed by atoms with Gasteiger partial charge in [0.2, 0.25) is 0 Å². The molecule has 1 atom stereocenters. The number of nitrogens with zero attached hydrogens (tertiary/aromatic N) is 1. The van der Waals surface area contributed by atoms with Crippen LogP contribution in [0.1, 0.15) is 31.0 Å². The van der Waals surface area contributed by atoms with E-state index < -0.39 is 0 Å². The highest BCUT2D eigenvalue weighted by Gasteiger charge is 2.06. The molecule has 0 aromatic heterocycles. The van der Waals surface area contributed by atoms with Crippen molar-refractivity contribution in [2.45, 2.75) is 19.9 Å². The molecule has 0 aliphatic heterocycles. The highest BCUT2D eigenvalue weighted by Crippen LogP contribution is 2.29. The molecule has 0 aliphatic rings. The molecule has 1 N–H and O–H groups in total. The van der Waals surface area contributed by atoms with E-state index in [-0.39, 0.29) is 11.8 Å². The van der Waals surface area contributed by atoms with E-state index in [9.17, 15) is 5.11 Å². The Morgan fingerprint density at radius 3 is 2.60 bits per heavy atom. The number of para-hydroxylation sites is 1. The Morgan fingerprint density at radius 1 is 1.15 bits per heavy atom. The summed E-state index contributed by atoms with van der Waals surface area (Å²) in [5.41, 5.74) is 1.81. The number of ether oxygens (including phenoxy) is 1. The van der Waals surface area contributed by atoms with E-state index in [2.05, 4.69) is 4.99 Å². The predicted octanol–water partition coefficient (Wildman–Crippen LogP) is 3.97. The van der Waals surface area contributed by atoms with Crippen molar-refractivity contribution in [2.24, 2.45) is 4.99 Å². The molecule has 0 spiro atoms. The number of phenolic OH excluding ortho intramolecular Hbond substituents is 1. The van der Waals surface area contributed by atoms with Crippen LogP contribution < -0.4 is 4.74 Å². The third-order valence-corrected chi connectivity index (χ3v) is 3.05. The van der Waals surface area contributed by atoms with Gasteiger partial charge in [-0.05, 0) is 31.5 Å². The monoisotopic (exact) mass is 269 g/mol. The van der Waals surface area contributed by atoms with E-state index in [0.717, 1.165) is 5.56 Å². The van der Waals surface area contributed by atoms with Gasteiger partial charge in [-0.25, -0.2) is 0 Å². The molecule has 20 heavy (non-hydrogen) atoms. The Labute approximate surface area is 119 Å². The third-order valence-electron chi connectivity index (χ3n) is 3.05. The van der Waals surface area contributed by atoms with Crippen molar-refractivity contribution in [3.63, 3.8) is 0 Å². The largest absolute Gasteiger partial charge is 0.504 e. The minimum atomic E-state index is 0.0475. The summed E-state index contributed by atoms with van der Waals surface area (Å²) in [6.45, 7) is 4.43. The van der Waals surface area contributed by atoms with E-state index >= 15 is 0 Å². The van der Waals surface area contributed by atoms with Gasteiger partial charge in [-0.15, -0.1) is 0 Å². The molecule has 0 radical (unpaired) electrons. The van der Waals surface area contributed by atoms with Crippen molar-refractivity contribution in [3.8, 4) is 11.5 Å². The average Bonchev–Trinajstić information content (AvgIpc) is 2.49. The van der Waals surface area contributed by atoms with Crippen LogP contribution in [0, 0.1) is 0 Å². The maximum absolute atomic E-state index is 10.1. The molecule has 0 saturated heterocycles. The number of rotatable bonds is 5. The van der Waals surface area contributed by atoms with Gasteiger partial charge >= 0.3 is 0 Å². The summed E-state index contributed by atoms with van der Waals surface area (Å²) in [5, 5.41) is 10.1. The summed E-state index contributed by atoms with van der Waals surface area (Å²) in [4.78, 5) is 4.49. The maximum Gasteiger partial charge on any atom is 0.166 e. The van der Waals surface area contributed by atoms with E-state index in [1.54, 1.807) is 12.3 Å². The van der Waals surface area contributed by atoms with Crippen molar-refractivity contribution in [2.75, 3.05) is 6.61 Å². The van der Waals surface area contributed by atoms with Crippen LogP contribution in [0.4, 0.5) is 0 Å².